The molecule has 4 aromatic rings. The van der Waals surface area contributed by atoms with Gasteiger partial charge in [-0.05, 0) is 29.8 Å². The average Bonchev–Trinajstić information content (AvgIpc) is 2.91. The second-order valence-corrected chi connectivity index (χ2v) is 6.75. The number of rotatable bonds is 1. The van der Waals surface area contributed by atoms with Crippen LogP contribution in [0.4, 0.5) is 5.82 Å². The van der Waals surface area contributed by atoms with Crippen LogP contribution >= 0.6 is 11.6 Å². The van der Waals surface area contributed by atoms with Crippen molar-refractivity contribution in [2.75, 3.05) is 5.32 Å². The minimum Gasteiger partial charge on any atom is -0.506 e. The Balaban J connectivity index is 1.85. The van der Waals surface area contributed by atoms with E-state index in [1.165, 1.54) is 0 Å². The van der Waals surface area contributed by atoms with Crippen molar-refractivity contribution in [3.8, 4) is 16.9 Å². The molecule has 1 aromatic carbocycles. The number of pyridine rings is 1. The third kappa shape index (κ3) is 2.09. The first-order valence-corrected chi connectivity index (χ1v) is 8.52. The van der Waals surface area contributed by atoms with E-state index >= 15 is 0 Å². The maximum atomic E-state index is 9.78. The van der Waals surface area contributed by atoms with Crippen LogP contribution in [0, 0.1) is 0 Å². The van der Waals surface area contributed by atoms with E-state index in [-0.39, 0.29) is 11.8 Å². The van der Waals surface area contributed by atoms with Gasteiger partial charge in [0.05, 0.1) is 17.3 Å². The Morgan fingerprint density at radius 3 is 2.96 bits per heavy atom. The largest absolute Gasteiger partial charge is 0.506 e. The molecule has 128 valence electrons. The molecule has 3 aromatic heterocycles. The van der Waals surface area contributed by atoms with Crippen molar-refractivity contribution in [2.45, 2.75) is 6.04 Å². The van der Waals surface area contributed by atoms with Gasteiger partial charge >= 0.3 is 0 Å². The number of phenolic OH excluding ortho intramolecular Hbond substituents is 1. The maximum absolute atomic E-state index is 9.78. The summed E-state index contributed by atoms with van der Waals surface area (Å²) in [5.41, 5.74) is 4.78. The molecule has 26 heavy (non-hydrogen) atoms. The zero-order chi connectivity index (χ0) is 17.8. The van der Waals surface area contributed by atoms with Gasteiger partial charge in [0.2, 0.25) is 0 Å². The Bertz CT molecular complexity index is 1170. The highest BCUT2D eigenvalue weighted by molar-refractivity contribution is 6.32. The van der Waals surface area contributed by atoms with Crippen molar-refractivity contribution in [3.63, 3.8) is 0 Å². The minimum absolute atomic E-state index is 0.0621. The molecule has 0 saturated heterocycles. The molecule has 0 radical (unpaired) electrons. The second kappa shape index (κ2) is 5.44. The number of hydrogen-bond acceptors (Lipinski definition) is 5. The average molecular weight is 364 g/mol. The summed E-state index contributed by atoms with van der Waals surface area (Å²) in [7, 11) is 1.96. The highest BCUT2D eigenvalue weighted by Crippen LogP contribution is 2.43. The van der Waals surface area contributed by atoms with E-state index in [1.54, 1.807) is 24.5 Å². The number of nitrogens with zero attached hydrogens (tertiary/aromatic N) is 4. The Morgan fingerprint density at radius 1 is 1.23 bits per heavy atom. The Kier molecular flexibility index (Phi) is 3.17. The lowest BCUT2D eigenvalue weighted by Crippen LogP contribution is -2.12. The first-order chi connectivity index (χ1) is 12.6. The van der Waals surface area contributed by atoms with Crippen molar-refractivity contribution in [1.82, 2.24) is 19.7 Å². The summed E-state index contributed by atoms with van der Waals surface area (Å²) < 4.78 is 1.97. The topological polar surface area (TPSA) is 75.9 Å². The normalized spacial score (nSPS) is 15.4. The molecule has 0 aliphatic carbocycles. The van der Waals surface area contributed by atoms with Gasteiger partial charge in [-0.15, -0.1) is 5.10 Å². The van der Waals surface area contributed by atoms with Gasteiger partial charge < -0.3 is 15.0 Å². The lowest BCUT2D eigenvalue weighted by Gasteiger charge is -2.19. The molecule has 7 heteroatoms. The highest BCUT2D eigenvalue weighted by Gasteiger charge is 2.28. The van der Waals surface area contributed by atoms with Crippen LogP contribution in [0.25, 0.3) is 22.2 Å². The fourth-order valence-corrected chi connectivity index (χ4v) is 3.77. The molecule has 5 rings (SSSR count). The van der Waals surface area contributed by atoms with Gasteiger partial charge in [0.25, 0.3) is 0 Å². The van der Waals surface area contributed by atoms with Gasteiger partial charge in [-0.1, -0.05) is 17.7 Å². The van der Waals surface area contributed by atoms with Gasteiger partial charge in [0, 0.05) is 41.5 Å². The number of benzene rings is 1. The third-order valence-corrected chi connectivity index (χ3v) is 5.09. The number of aromatic nitrogens is 4. The number of phenols is 1. The van der Waals surface area contributed by atoms with Crippen LogP contribution in [-0.4, -0.2) is 24.9 Å². The lowest BCUT2D eigenvalue weighted by molar-refractivity contribution is 0.475. The summed E-state index contributed by atoms with van der Waals surface area (Å²) in [6.07, 6.45) is 5.59. The number of anilines is 1. The van der Waals surface area contributed by atoms with Crippen molar-refractivity contribution in [3.05, 3.63) is 65.1 Å². The first-order valence-electron chi connectivity index (χ1n) is 8.14. The molecule has 0 fully saturated rings. The number of nitrogens with one attached hydrogen (secondary N) is 1. The van der Waals surface area contributed by atoms with Crippen LogP contribution in [0.2, 0.25) is 5.02 Å². The molecule has 0 amide bonds. The molecule has 0 saturated carbocycles. The van der Waals surface area contributed by atoms with Gasteiger partial charge in [-0.3, -0.25) is 0 Å². The molecule has 1 aliphatic heterocycles. The van der Waals surface area contributed by atoms with Crippen LogP contribution in [0.3, 0.4) is 0 Å². The Morgan fingerprint density at radius 2 is 2.12 bits per heavy atom. The summed E-state index contributed by atoms with van der Waals surface area (Å²) >= 11 is 6.16. The molecule has 6 nitrogen and oxygen atoms in total. The quantitative estimate of drug-likeness (QED) is 0.536. The maximum Gasteiger partial charge on any atom is 0.163 e. The predicted octanol–water partition coefficient (Wildman–Crippen LogP) is 3.90. The van der Waals surface area contributed by atoms with Crippen LogP contribution in [0.5, 0.6) is 5.75 Å². The fraction of sp³-hybridized carbons (Fsp3) is 0.105. The summed E-state index contributed by atoms with van der Waals surface area (Å²) in [5.74, 6) is 0.835. The van der Waals surface area contributed by atoms with Crippen molar-refractivity contribution < 1.29 is 5.11 Å². The Hall–Kier alpha value is -3.12. The van der Waals surface area contributed by atoms with Crippen LogP contribution < -0.4 is 5.32 Å². The summed E-state index contributed by atoms with van der Waals surface area (Å²) in [4.78, 5) is 4.52. The van der Waals surface area contributed by atoms with Gasteiger partial charge in [0.15, 0.2) is 5.65 Å². The summed E-state index contributed by atoms with van der Waals surface area (Å²) in [5, 5.41) is 23.2. The SMILES string of the molecule is Cn1cc2c3c(cnnc31)-c1cccnc1NC2c1ccc(O)c(Cl)c1. The number of aromatic hydroxyl groups is 1. The zero-order valence-corrected chi connectivity index (χ0v) is 14.6. The minimum atomic E-state index is -0.184. The van der Waals surface area contributed by atoms with Crippen LogP contribution in [0.15, 0.2) is 48.9 Å². The molecule has 0 bridgehead atoms. The summed E-state index contributed by atoms with van der Waals surface area (Å²) in [6, 6.07) is 8.99. The molecule has 1 unspecified atom stereocenters. The smallest absolute Gasteiger partial charge is 0.163 e. The van der Waals surface area contributed by atoms with E-state index < -0.39 is 0 Å². The van der Waals surface area contributed by atoms with Gasteiger partial charge in [-0.25, -0.2) is 4.98 Å². The Labute approximate surface area is 154 Å². The standard InChI is InChI=1S/C19H14ClN5O/c1-25-9-13-16-12(8-22-24-19(16)25)11-3-2-6-21-18(11)23-17(13)10-4-5-15(26)14(20)7-10/h2-9,17,26H,1H3,(H,21,23). The van der Waals surface area contributed by atoms with Crippen molar-refractivity contribution in [1.29, 1.82) is 0 Å². The van der Waals surface area contributed by atoms with E-state index in [2.05, 4.69) is 20.5 Å². The number of aryl methyl sites for hydroxylation is 1. The number of fused-ring (bicyclic) bond motifs is 2. The molecular weight excluding hydrogens is 350 g/mol. The second-order valence-electron chi connectivity index (χ2n) is 6.34. The zero-order valence-electron chi connectivity index (χ0n) is 13.8. The van der Waals surface area contributed by atoms with Crippen molar-refractivity contribution in [2.24, 2.45) is 7.05 Å². The molecule has 0 spiro atoms. The highest BCUT2D eigenvalue weighted by atomic mass is 35.5. The molecular formula is C19H14ClN5O. The molecule has 4 heterocycles. The van der Waals surface area contributed by atoms with Crippen LogP contribution in [0.1, 0.15) is 17.2 Å². The number of hydrogen-bond donors (Lipinski definition) is 2. The van der Waals surface area contributed by atoms with Crippen molar-refractivity contribution >= 4 is 28.5 Å². The number of halogens is 1. The van der Waals surface area contributed by atoms with E-state index in [0.29, 0.717) is 5.02 Å². The van der Waals surface area contributed by atoms with Gasteiger partial charge in [-0.2, -0.15) is 5.10 Å². The molecule has 1 atom stereocenters. The lowest BCUT2D eigenvalue weighted by atomic mass is 9.97. The third-order valence-electron chi connectivity index (χ3n) is 4.78. The monoisotopic (exact) mass is 363 g/mol. The van der Waals surface area contributed by atoms with E-state index in [0.717, 1.165) is 39.1 Å². The first kappa shape index (κ1) is 15.2. The molecule has 1 aliphatic rings. The fourth-order valence-electron chi connectivity index (χ4n) is 3.58. The molecule has 2 N–H and O–H groups in total. The van der Waals surface area contributed by atoms with E-state index in [4.69, 9.17) is 11.6 Å². The predicted molar refractivity (Wildman–Crippen MR) is 100 cm³/mol. The van der Waals surface area contributed by atoms with E-state index in [9.17, 15) is 5.11 Å². The van der Waals surface area contributed by atoms with Gasteiger partial charge in [0.1, 0.15) is 11.6 Å². The van der Waals surface area contributed by atoms with E-state index in [1.807, 2.05) is 36.0 Å². The van der Waals surface area contributed by atoms with Crippen LogP contribution in [-0.2, 0) is 7.05 Å². The summed E-state index contributed by atoms with van der Waals surface area (Å²) in [6.45, 7) is 0.